The Morgan fingerprint density at radius 1 is 0.971 bits per heavy atom. The first-order chi connectivity index (χ1) is 17.0. The van der Waals surface area contributed by atoms with E-state index in [1.807, 2.05) is 61.5 Å². The zero-order chi connectivity index (χ0) is 24.8. The van der Waals surface area contributed by atoms with Gasteiger partial charge >= 0.3 is 5.97 Å². The lowest BCUT2D eigenvalue weighted by atomic mass is 10.0. The number of carbonyl (C=O) groups excluding carboxylic acids is 1. The number of hydrogen-bond donors (Lipinski definition) is 0. The summed E-state index contributed by atoms with van der Waals surface area (Å²) in [6, 6.07) is 21.5. The molecular formula is C28H24Cl2N2O3. The van der Waals surface area contributed by atoms with Crippen LogP contribution in [0.4, 0.5) is 0 Å². The van der Waals surface area contributed by atoms with Gasteiger partial charge in [0.15, 0.2) is 0 Å². The molecule has 0 unspecified atom stereocenters. The second-order valence-corrected chi connectivity index (χ2v) is 8.57. The summed E-state index contributed by atoms with van der Waals surface area (Å²) >= 11 is 12.4. The molecule has 0 bridgehead atoms. The summed E-state index contributed by atoms with van der Waals surface area (Å²) in [5.41, 5.74) is 4.59. The number of ether oxygens (including phenoxy) is 2. The molecule has 0 fully saturated rings. The molecule has 7 heteroatoms. The molecule has 0 spiro atoms. The Bertz CT molecular complexity index is 1340. The molecule has 0 atom stereocenters. The summed E-state index contributed by atoms with van der Waals surface area (Å²) < 4.78 is 12.1. The fourth-order valence-electron chi connectivity index (χ4n) is 3.59. The highest BCUT2D eigenvalue weighted by Crippen LogP contribution is 2.30. The predicted octanol–water partition coefficient (Wildman–Crippen LogP) is 7.27. The first kappa shape index (κ1) is 24.6. The predicted molar refractivity (Wildman–Crippen MR) is 142 cm³/mol. The number of halogens is 2. The molecule has 0 N–H and O–H groups in total. The van der Waals surface area contributed by atoms with Gasteiger partial charge in [-0.05, 0) is 60.0 Å². The van der Waals surface area contributed by atoms with Crippen LogP contribution in [0.15, 0.2) is 72.9 Å². The van der Waals surface area contributed by atoms with Gasteiger partial charge in [-0.25, -0.2) is 4.98 Å². The van der Waals surface area contributed by atoms with Crippen molar-refractivity contribution in [3.05, 3.63) is 94.4 Å². The molecular weight excluding hydrogens is 483 g/mol. The highest BCUT2D eigenvalue weighted by molar-refractivity contribution is 6.36. The molecule has 3 aromatic carbocycles. The Labute approximate surface area is 214 Å². The molecule has 0 saturated carbocycles. The SMILES string of the molecule is CCOc1ccc(-c2ccc(/C=C/c3nc(-c4ccc(Cl)cc4Cl)cn3CC(=O)OC)cc2)cc1. The van der Waals surface area contributed by atoms with Gasteiger partial charge in [-0.15, -0.1) is 0 Å². The van der Waals surface area contributed by atoms with Crippen molar-refractivity contribution < 1.29 is 14.3 Å². The van der Waals surface area contributed by atoms with E-state index >= 15 is 0 Å². The second-order valence-electron chi connectivity index (χ2n) is 7.73. The van der Waals surface area contributed by atoms with E-state index in [1.54, 1.807) is 22.9 Å². The topological polar surface area (TPSA) is 53.4 Å². The molecule has 0 amide bonds. The van der Waals surface area contributed by atoms with Crippen molar-refractivity contribution in [1.82, 2.24) is 9.55 Å². The molecule has 0 radical (unpaired) electrons. The third-order valence-corrected chi connectivity index (χ3v) is 5.92. The van der Waals surface area contributed by atoms with Gasteiger partial charge in [0.1, 0.15) is 18.1 Å². The van der Waals surface area contributed by atoms with Gasteiger partial charge in [-0.2, -0.15) is 0 Å². The summed E-state index contributed by atoms with van der Waals surface area (Å²) in [5, 5.41) is 1.03. The van der Waals surface area contributed by atoms with Crippen LogP contribution in [0.2, 0.25) is 10.0 Å². The van der Waals surface area contributed by atoms with Crippen LogP contribution in [0.25, 0.3) is 34.5 Å². The van der Waals surface area contributed by atoms with Crippen LogP contribution < -0.4 is 4.74 Å². The molecule has 4 aromatic rings. The van der Waals surface area contributed by atoms with Crippen molar-refractivity contribution in [1.29, 1.82) is 0 Å². The highest BCUT2D eigenvalue weighted by Gasteiger charge is 2.13. The lowest BCUT2D eigenvalue weighted by Gasteiger charge is -2.06. The van der Waals surface area contributed by atoms with Crippen molar-refractivity contribution >= 4 is 41.3 Å². The summed E-state index contributed by atoms with van der Waals surface area (Å²) in [6.07, 6.45) is 5.59. The molecule has 4 rings (SSSR count). The summed E-state index contributed by atoms with van der Waals surface area (Å²) in [5.74, 6) is 1.09. The molecule has 0 saturated heterocycles. The van der Waals surface area contributed by atoms with Gasteiger partial charge in [0.2, 0.25) is 0 Å². The smallest absolute Gasteiger partial charge is 0.325 e. The average Bonchev–Trinajstić information content (AvgIpc) is 3.25. The van der Waals surface area contributed by atoms with E-state index in [2.05, 4.69) is 12.1 Å². The van der Waals surface area contributed by atoms with Gasteiger partial charge < -0.3 is 14.0 Å². The normalized spacial score (nSPS) is 11.1. The number of methoxy groups -OCH3 is 1. The molecule has 0 aliphatic rings. The molecule has 0 aliphatic carbocycles. The van der Waals surface area contributed by atoms with Crippen LogP contribution in [-0.2, 0) is 16.1 Å². The van der Waals surface area contributed by atoms with E-state index in [4.69, 9.17) is 37.7 Å². The quantitative estimate of drug-likeness (QED) is 0.236. The van der Waals surface area contributed by atoms with E-state index in [1.165, 1.54) is 7.11 Å². The van der Waals surface area contributed by atoms with E-state index in [0.717, 1.165) is 28.0 Å². The summed E-state index contributed by atoms with van der Waals surface area (Å²) in [4.78, 5) is 16.6. The minimum atomic E-state index is -0.370. The van der Waals surface area contributed by atoms with Crippen LogP contribution in [0.1, 0.15) is 18.3 Å². The number of aromatic nitrogens is 2. The van der Waals surface area contributed by atoms with Crippen molar-refractivity contribution in [3.8, 4) is 28.1 Å². The molecule has 178 valence electrons. The van der Waals surface area contributed by atoms with Crippen molar-refractivity contribution in [2.45, 2.75) is 13.5 Å². The van der Waals surface area contributed by atoms with E-state index in [0.29, 0.717) is 28.2 Å². The number of imidazole rings is 1. The number of hydrogen-bond acceptors (Lipinski definition) is 4. The highest BCUT2D eigenvalue weighted by atomic mass is 35.5. The van der Waals surface area contributed by atoms with Gasteiger partial charge in [0.05, 0.1) is 24.4 Å². The Morgan fingerprint density at radius 2 is 1.66 bits per heavy atom. The Morgan fingerprint density at radius 3 is 2.29 bits per heavy atom. The molecule has 1 heterocycles. The first-order valence-electron chi connectivity index (χ1n) is 11.1. The first-order valence-corrected chi connectivity index (χ1v) is 11.8. The van der Waals surface area contributed by atoms with Crippen LogP contribution in [0.3, 0.4) is 0 Å². The maximum atomic E-state index is 11.9. The Kier molecular flexibility index (Phi) is 7.91. The van der Waals surface area contributed by atoms with Crippen LogP contribution >= 0.6 is 23.2 Å². The molecule has 1 aromatic heterocycles. The number of esters is 1. The minimum Gasteiger partial charge on any atom is -0.494 e. The van der Waals surface area contributed by atoms with Crippen LogP contribution in [-0.4, -0.2) is 29.2 Å². The Balaban J connectivity index is 1.58. The molecule has 35 heavy (non-hydrogen) atoms. The van der Waals surface area contributed by atoms with Crippen molar-refractivity contribution in [3.63, 3.8) is 0 Å². The zero-order valence-corrected chi connectivity index (χ0v) is 20.9. The maximum Gasteiger partial charge on any atom is 0.325 e. The number of rotatable bonds is 8. The van der Waals surface area contributed by atoms with Crippen molar-refractivity contribution in [2.24, 2.45) is 0 Å². The maximum absolute atomic E-state index is 11.9. The minimum absolute atomic E-state index is 0.0328. The lowest BCUT2D eigenvalue weighted by molar-refractivity contribution is -0.141. The van der Waals surface area contributed by atoms with Crippen LogP contribution in [0.5, 0.6) is 5.75 Å². The lowest BCUT2D eigenvalue weighted by Crippen LogP contribution is -2.11. The van der Waals surface area contributed by atoms with Crippen molar-refractivity contribution in [2.75, 3.05) is 13.7 Å². The number of nitrogens with zero attached hydrogens (tertiary/aromatic N) is 2. The zero-order valence-electron chi connectivity index (χ0n) is 19.4. The fraction of sp³-hybridized carbons (Fsp3) is 0.143. The number of benzene rings is 3. The molecule has 0 aliphatic heterocycles. The summed E-state index contributed by atoms with van der Waals surface area (Å²) in [7, 11) is 1.36. The number of carbonyl (C=O) groups is 1. The fourth-order valence-corrected chi connectivity index (χ4v) is 4.09. The standard InChI is InChI=1S/C28H24Cl2N2O3/c1-3-35-23-12-9-21(10-13-23)20-7-4-19(5-8-20)6-15-27-31-26(17-32(27)18-28(33)34-2)24-14-11-22(29)16-25(24)30/h4-17H,3,18H2,1-2H3/b15-6+. The average molecular weight is 507 g/mol. The van der Waals surface area contributed by atoms with Gasteiger partial charge in [-0.1, -0.05) is 65.7 Å². The monoisotopic (exact) mass is 506 g/mol. The van der Waals surface area contributed by atoms with Gasteiger partial charge in [0, 0.05) is 16.8 Å². The summed E-state index contributed by atoms with van der Waals surface area (Å²) in [6.45, 7) is 2.65. The Hall–Kier alpha value is -3.54. The van der Waals surface area contributed by atoms with E-state index in [9.17, 15) is 4.79 Å². The second kappa shape index (κ2) is 11.3. The van der Waals surface area contributed by atoms with E-state index in [-0.39, 0.29) is 12.5 Å². The third-order valence-electron chi connectivity index (χ3n) is 5.38. The van der Waals surface area contributed by atoms with Crippen LogP contribution in [0, 0.1) is 0 Å². The largest absolute Gasteiger partial charge is 0.494 e. The third kappa shape index (κ3) is 6.13. The van der Waals surface area contributed by atoms with E-state index < -0.39 is 0 Å². The molecule has 5 nitrogen and oxygen atoms in total. The van der Waals surface area contributed by atoms with Gasteiger partial charge in [-0.3, -0.25) is 4.79 Å². The van der Waals surface area contributed by atoms with Gasteiger partial charge in [0.25, 0.3) is 0 Å².